The summed E-state index contributed by atoms with van der Waals surface area (Å²) in [5.74, 6) is 1.02. The maximum absolute atomic E-state index is 5.24. The molecule has 1 aliphatic carbocycles. The molecule has 84 valence electrons. The Morgan fingerprint density at radius 3 is 3.00 bits per heavy atom. The van der Waals surface area contributed by atoms with Crippen LogP contribution in [0.15, 0.2) is 22.8 Å². The molecule has 0 amide bonds. The highest BCUT2D eigenvalue weighted by atomic mass is 16.3. The summed E-state index contributed by atoms with van der Waals surface area (Å²) in [5.41, 5.74) is 0. The summed E-state index contributed by atoms with van der Waals surface area (Å²) in [6.07, 6.45) is 5.90. The second-order valence-corrected chi connectivity index (χ2v) is 4.32. The number of furan rings is 1. The van der Waals surface area contributed by atoms with Crippen LogP contribution in [-0.4, -0.2) is 31.1 Å². The van der Waals surface area contributed by atoms with Gasteiger partial charge in [0.2, 0.25) is 0 Å². The molecule has 15 heavy (non-hydrogen) atoms. The molecular weight excluding hydrogens is 188 g/mol. The molecular formula is C12H20N2O. The molecule has 1 saturated carbocycles. The molecule has 0 aromatic carbocycles. The van der Waals surface area contributed by atoms with Crippen molar-refractivity contribution in [2.75, 3.05) is 20.1 Å². The van der Waals surface area contributed by atoms with Gasteiger partial charge in [-0.2, -0.15) is 0 Å². The lowest BCUT2D eigenvalue weighted by molar-refractivity contribution is 0.160. The molecule has 1 aliphatic rings. The van der Waals surface area contributed by atoms with Crippen molar-refractivity contribution in [3.8, 4) is 0 Å². The highest BCUT2D eigenvalue weighted by molar-refractivity contribution is 4.97. The second-order valence-electron chi connectivity index (χ2n) is 4.32. The van der Waals surface area contributed by atoms with Crippen molar-refractivity contribution in [2.45, 2.75) is 31.8 Å². The maximum atomic E-state index is 5.24. The van der Waals surface area contributed by atoms with Gasteiger partial charge in [0.25, 0.3) is 0 Å². The first-order chi connectivity index (χ1) is 7.36. The largest absolute Gasteiger partial charge is 0.468 e. The van der Waals surface area contributed by atoms with E-state index in [-0.39, 0.29) is 0 Å². The molecule has 1 fully saturated rings. The minimum Gasteiger partial charge on any atom is -0.468 e. The molecule has 1 heterocycles. The van der Waals surface area contributed by atoms with Crippen LogP contribution in [-0.2, 0) is 6.54 Å². The Morgan fingerprint density at radius 1 is 1.53 bits per heavy atom. The number of hydrogen-bond donors (Lipinski definition) is 1. The smallest absolute Gasteiger partial charge is 0.117 e. The van der Waals surface area contributed by atoms with Gasteiger partial charge in [-0.05, 0) is 32.0 Å². The Balaban J connectivity index is 1.54. The first-order valence-electron chi connectivity index (χ1n) is 5.79. The van der Waals surface area contributed by atoms with E-state index in [4.69, 9.17) is 4.42 Å². The molecule has 1 aromatic rings. The minimum atomic E-state index is 0.839. The Bertz CT molecular complexity index is 267. The lowest BCUT2D eigenvalue weighted by Gasteiger charge is -2.34. The molecule has 1 aromatic heterocycles. The van der Waals surface area contributed by atoms with Gasteiger partial charge in [0.15, 0.2) is 0 Å². The van der Waals surface area contributed by atoms with E-state index in [1.807, 2.05) is 12.1 Å². The predicted octanol–water partition coefficient (Wildman–Crippen LogP) is 1.85. The van der Waals surface area contributed by atoms with Gasteiger partial charge in [-0.15, -0.1) is 0 Å². The van der Waals surface area contributed by atoms with E-state index in [0.717, 1.165) is 31.4 Å². The van der Waals surface area contributed by atoms with Gasteiger partial charge >= 0.3 is 0 Å². The third-order valence-electron chi connectivity index (χ3n) is 3.22. The van der Waals surface area contributed by atoms with Crippen LogP contribution in [0.4, 0.5) is 0 Å². The van der Waals surface area contributed by atoms with Crippen LogP contribution in [0, 0.1) is 0 Å². The fourth-order valence-electron chi connectivity index (χ4n) is 1.89. The molecule has 0 unspecified atom stereocenters. The predicted molar refractivity (Wildman–Crippen MR) is 60.7 cm³/mol. The Morgan fingerprint density at radius 2 is 2.40 bits per heavy atom. The molecule has 2 rings (SSSR count). The third-order valence-corrected chi connectivity index (χ3v) is 3.22. The third kappa shape index (κ3) is 3.08. The first kappa shape index (κ1) is 10.7. The molecule has 1 N–H and O–H groups in total. The van der Waals surface area contributed by atoms with Crippen molar-refractivity contribution in [2.24, 2.45) is 0 Å². The van der Waals surface area contributed by atoms with Gasteiger partial charge in [-0.1, -0.05) is 6.42 Å². The maximum Gasteiger partial charge on any atom is 0.117 e. The Labute approximate surface area is 91.4 Å². The SMILES string of the molecule is CN(CCNCc1ccco1)C1CCC1. The zero-order chi connectivity index (χ0) is 10.5. The number of rotatable bonds is 6. The average molecular weight is 208 g/mol. The summed E-state index contributed by atoms with van der Waals surface area (Å²) in [4.78, 5) is 2.46. The van der Waals surface area contributed by atoms with Crippen molar-refractivity contribution in [1.82, 2.24) is 10.2 Å². The van der Waals surface area contributed by atoms with Gasteiger partial charge in [0.1, 0.15) is 5.76 Å². The Kier molecular flexibility index (Phi) is 3.80. The van der Waals surface area contributed by atoms with Crippen LogP contribution in [0.2, 0.25) is 0 Å². The minimum absolute atomic E-state index is 0.839. The summed E-state index contributed by atoms with van der Waals surface area (Å²) < 4.78 is 5.24. The fraction of sp³-hybridized carbons (Fsp3) is 0.667. The zero-order valence-electron chi connectivity index (χ0n) is 9.41. The van der Waals surface area contributed by atoms with Crippen LogP contribution in [0.25, 0.3) is 0 Å². The van der Waals surface area contributed by atoms with Gasteiger partial charge in [0.05, 0.1) is 12.8 Å². The lowest BCUT2D eigenvalue weighted by atomic mass is 9.92. The lowest BCUT2D eigenvalue weighted by Crippen LogP contribution is -2.40. The van der Waals surface area contributed by atoms with Crippen LogP contribution < -0.4 is 5.32 Å². The zero-order valence-corrected chi connectivity index (χ0v) is 9.41. The van der Waals surface area contributed by atoms with Crippen molar-refractivity contribution in [3.63, 3.8) is 0 Å². The second kappa shape index (κ2) is 5.33. The van der Waals surface area contributed by atoms with E-state index in [1.165, 1.54) is 19.3 Å². The topological polar surface area (TPSA) is 28.4 Å². The number of likely N-dealkylation sites (N-methyl/N-ethyl adjacent to an activating group) is 1. The summed E-state index contributed by atoms with van der Waals surface area (Å²) >= 11 is 0. The standard InChI is InChI=1S/C12H20N2O/c1-14(11-4-2-5-11)8-7-13-10-12-6-3-9-15-12/h3,6,9,11,13H,2,4-5,7-8,10H2,1H3. The van der Waals surface area contributed by atoms with E-state index < -0.39 is 0 Å². The number of nitrogens with zero attached hydrogens (tertiary/aromatic N) is 1. The van der Waals surface area contributed by atoms with Crippen molar-refractivity contribution >= 4 is 0 Å². The van der Waals surface area contributed by atoms with Crippen molar-refractivity contribution in [1.29, 1.82) is 0 Å². The van der Waals surface area contributed by atoms with Crippen molar-refractivity contribution in [3.05, 3.63) is 24.2 Å². The molecule has 3 nitrogen and oxygen atoms in total. The highest BCUT2D eigenvalue weighted by Gasteiger charge is 2.20. The molecule has 3 heteroatoms. The van der Waals surface area contributed by atoms with Gasteiger partial charge in [-0.25, -0.2) is 0 Å². The Hall–Kier alpha value is -0.800. The molecule has 0 spiro atoms. The quantitative estimate of drug-likeness (QED) is 0.723. The highest BCUT2D eigenvalue weighted by Crippen LogP contribution is 2.22. The monoisotopic (exact) mass is 208 g/mol. The van der Waals surface area contributed by atoms with Crippen LogP contribution in [0.3, 0.4) is 0 Å². The van der Waals surface area contributed by atoms with Crippen LogP contribution >= 0.6 is 0 Å². The molecule has 0 bridgehead atoms. The van der Waals surface area contributed by atoms with Gasteiger partial charge < -0.3 is 14.6 Å². The summed E-state index contributed by atoms with van der Waals surface area (Å²) in [5, 5.41) is 3.39. The molecule has 0 atom stereocenters. The summed E-state index contributed by atoms with van der Waals surface area (Å²) in [6.45, 7) is 3.00. The van der Waals surface area contributed by atoms with Crippen LogP contribution in [0.1, 0.15) is 25.0 Å². The van der Waals surface area contributed by atoms with E-state index in [0.29, 0.717) is 0 Å². The normalized spacial score (nSPS) is 16.9. The average Bonchev–Trinajstić information content (AvgIpc) is 2.62. The number of nitrogens with one attached hydrogen (secondary N) is 1. The first-order valence-corrected chi connectivity index (χ1v) is 5.79. The van der Waals surface area contributed by atoms with E-state index in [9.17, 15) is 0 Å². The molecule has 0 radical (unpaired) electrons. The fourth-order valence-corrected chi connectivity index (χ4v) is 1.89. The summed E-state index contributed by atoms with van der Waals surface area (Å²) in [7, 11) is 2.22. The van der Waals surface area contributed by atoms with E-state index >= 15 is 0 Å². The number of hydrogen-bond acceptors (Lipinski definition) is 3. The van der Waals surface area contributed by atoms with E-state index in [1.54, 1.807) is 6.26 Å². The van der Waals surface area contributed by atoms with Gasteiger partial charge in [-0.3, -0.25) is 0 Å². The van der Waals surface area contributed by atoms with Crippen LogP contribution in [0.5, 0.6) is 0 Å². The van der Waals surface area contributed by atoms with Crippen molar-refractivity contribution < 1.29 is 4.42 Å². The summed E-state index contributed by atoms with van der Waals surface area (Å²) in [6, 6.07) is 4.77. The van der Waals surface area contributed by atoms with E-state index in [2.05, 4.69) is 17.3 Å². The molecule has 0 saturated heterocycles. The molecule has 0 aliphatic heterocycles. The van der Waals surface area contributed by atoms with Gasteiger partial charge in [0, 0.05) is 19.1 Å².